The molecule has 2 heterocycles. The second-order valence-electron chi connectivity index (χ2n) is 5.24. The Hall–Kier alpha value is -0.990. The zero-order valence-electron chi connectivity index (χ0n) is 13.9. The number of rotatable bonds is 8. The van der Waals surface area contributed by atoms with Crippen molar-refractivity contribution < 1.29 is 55.9 Å². The molecule has 1 aliphatic heterocycles. The first-order chi connectivity index (χ1) is 12.7. The van der Waals surface area contributed by atoms with Crippen LogP contribution in [0.25, 0.3) is 0 Å². The number of hydrogen-bond acceptors (Lipinski definition) is 11. The Bertz CT molecular complexity index is 928. The van der Waals surface area contributed by atoms with Crippen LogP contribution in [0.1, 0.15) is 11.8 Å². The third kappa shape index (κ3) is 6.81. The fraction of sp³-hybridized carbons (Fsp3) is 0.556. The predicted octanol–water partition coefficient (Wildman–Crippen LogP) is -0.651. The number of phosphoric ester groups is 1. The second kappa shape index (κ2) is 8.40. The van der Waals surface area contributed by atoms with Gasteiger partial charge < -0.3 is 34.8 Å². The molecule has 6 N–H and O–H groups in total. The molecule has 4 atom stereocenters. The first-order valence-corrected chi connectivity index (χ1v) is 11.6. The molecule has 0 aliphatic carbocycles. The summed E-state index contributed by atoms with van der Waals surface area (Å²) in [5.74, 6) is 0.0318. The van der Waals surface area contributed by atoms with E-state index in [9.17, 15) is 23.4 Å². The van der Waals surface area contributed by atoms with Crippen LogP contribution in [0.4, 0.5) is 5.82 Å². The maximum absolute atomic E-state index is 11.8. The van der Waals surface area contributed by atoms with Crippen LogP contribution in [0, 0.1) is 6.92 Å². The van der Waals surface area contributed by atoms with Crippen LogP contribution >= 0.6 is 23.5 Å². The predicted molar refractivity (Wildman–Crippen MR) is 87.3 cm³/mol. The van der Waals surface area contributed by atoms with Gasteiger partial charge in [0, 0.05) is 11.8 Å². The number of aromatic nitrogens is 2. The number of aryl methyl sites for hydroxylation is 1. The van der Waals surface area contributed by atoms with Crippen molar-refractivity contribution in [2.24, 2.45) is 0 Å². The molecule has 1 aromatic heterocycles. The van der Waals surface area contributed by atoms with Gasteiger partial charge in [-0.15, -0.1) is 0 Å². The smallest absolute Gasteiger partial charge is 0.383 e. The Labute approximate surface area is 156 Å². The highest BCUT2D eigenvalue weighted by atomic mass is 31.3. The average Bonchev–Trinajstić information content (AvgIpc) is 2.94. The van der Waals surface area contributed by atoms with Crippen LogP contribution in [-0.2, 0) is 36.3 Å². The summed E-state index contributed by atoms with van der Waals surface area (Å²) >= 11 is 0. The SMILES string of the molecule is Cc1cn([C@H]2CO[C@@H](COP(=O)(O)OP(=O)(O)OP(=O)(O)O)O2)c(=O)nc1N. The molecule has 0 spiro atoms. The summed E-state index contributed by atoms with van der Waals surface area (Å²) in [7, 11) is -16.4. The van der Waals surface area contributed by atoms with Gasteiger partial charge in [-0.3, -0.25) is 9.09 Å². The molecule has 1 saturated heterocycles. The van der Waals surface area contributed by atoms with Crippen molar-refractivity contribution in [1.29, 1.82) is 0 Å². The summed E-state index contributed by atoms with van der Waals surface area (Å²) < 4.78 is 56.3. The zero-order chi connectivity index (χ0) is 21.3. The summed E-state index contributed by atoms with van der Waals surface area (Å²) in [6, 6.07) is 0. The van der Waals surface area contributed by atoms with Crippen molar-refractivity contribution in [3.63, 3.8) is 0 Å². The molecule has 0 amide bonds. The van der Waals surface area contributed by atoms with Gasteiger partial charge in [0.15, 0.2) is 12.5 Å². The van der Waals surface area contributed by atoms with Crippen molar-refractivity contribution in [3.05, 3.63) is 22.2 Å². The standard InChI is InChI=1S/C9H16N3O13P3/c1-5-2-12(9(13)11-8(5)10)6-3-21-7(23-6)4-22-27(17,18)25-28(19,20)24-26(14,15)16/h2,6-7H,3-4H2,1H3,(H,17,18)(H,19,20)(H2,10,11,13)(H2,14,15,16)/t6-,7-/m1/s1. The van der Waals surface area contributed by atoms with E-state index in [-0.39, 0.29) is 12.4 Å². The Morgan fingerprint density at radius 1 is 1.25 bits per heavy atom. The first-order valence-electron chi connectivity index (χ1n) is 7.08. The van der Waals surface area contributed by atoms with Gasteiger partial charge in [-0.25, -0.2) is 18.5 Å². The molecule has 160 valence electrons. The molecular formula is C9H16N3O13P3. The number of ether oxygens (including phenoxy) is 2. The molecular weight excluding hydrogens is 451 g/mol. The normalized spacial score (nSPS) is 24.6. The quantitative estimate of drug-likeness (QED) is 0.298. The van der Waals surface area contributed by atoms with Crippen molar-refractivity contribution in [1.82, 2.24) is 9.55 Å². The van der Waals surface area contributed by atoms with Gasteiger partial charge in [0.25, 0.3) is 0 Å². The molecule has 0 bridgehead atoms. The van der Waals surface area contributed by atoms with E-state index in [1.165, 1.54) is 6.20 Å². The largest absolute Gasteiger partial charge is 0.490 e. The molecule has 0 aromatic carbocycles. The highest BCUT2D eigenvalue weighted by Gasteiger charge is 2.41. The van der Waals surface area contributed by atoms with Crippen LogP contribution in [0.15, 0.2) is 11.0 Å². The maximum atomic E-state index is 11.8. The van der Waals surface area contributed by atoms with E-state index in [4.69, 9.17) is 29.9 Å². The minimum atomic E-state index is -5.62. The van der Waals surface area contributed by atoms with Gasteiger partial charge >= 0.3 is 29.2 Å². The van der Waals surface area contributed by atoms with E-state index in [2.05, 4.69) is 18.1 Å². The Balaban J connectivity index is 1.95. The molecule has 16 nitrogen and oxygen atoms in total. The number of nitrogens with two attached hydrogens (primary N) is 1. The molecule has 2 rings (SSSR count). The van der Waals surface area contributed by atoms with Crippen LogP contribution in [0.2, 0.25) is 0 Å². The van der Waals surface area contributed by atoms with Gasteiger partial charge in [0.1, 0.15) is 12.4 Å². The van der Waals surface area contributed by atoms with Gasteiger partial charge in [-0.05, 0) is 6.92 Å². The molecule has 1 aliphatic rings. The first kappa shape index (κ1) is 23.3. The minimum absolute atomic E-state index is 0.0318. The van der Waals surface area contributed by atoms with E-state index in [1.54, 1.807) is 6.92 Å². The van der Waals surface area contributed by atoms with Crippen LogP contribution in [0.5, 0.6) is 0 Å². The van der Waals surface area contributed by atoms with E-state index >= 15 is 0 Å². The lowest BCUT2D eigenvalue weighted by atomic mass is 10.3. The number of nitrogens with zero attached hydrogens (tertiary/aromatic N) is 2. The lowest BCUT2D eigenvalue weighted by Crippen LogP contribution is -2.29. The van der Waals surface area contributed by atoms with E-state index in [1.807, 2.05) is 0 Å². The summed E-state index contributed by atoms with van der Waals surface area (Å²) in [5.41, 5.74) is 5.26. The number of anilines is 1. The van der Waals surface area contributed by atoms with Crippen LogP contribution in [-0.4, -0.2) is 48.6 Å². The summed E-state index contributed by atoms with van der Waals surface area (Å²) in [6.45, 7) is 0.618. The lowest BCUT2D eigenvalue weighted by molar-refractivity contribution is -0.0973. The van der Waals surface area contributed by atoms with Gasteiger partial charge in [-0.2, -0.15) is 13.6 Å². The third-order valence-electron chi connectivity index (χ3n) is 3.01. The summed E-state index contributed by atoms with van der Waals surface area (Å²) in [6.07, 6.45) is -0.892. The van der Waals surface area contributed by atoms with Crippen LogP contribution in [0.3, 0.4) is 0 Å². The number of hydrogen-bond donors (Lipinski definition) is 5. The lowest BCUT2D eigenvalue weighted by Gasteiger charge is -2.18. The van der Waals surface area contributed by atoms with Crippen molar-refractivity contribution in [2.45, 2.75) is 19.4 Å². The van der Waals surface area contributed by atoms with E-state index in [0.717, 1.165) is 4.57 Å². The molecule has 0 saturated carbocycles. The molecule has 28 heavy (non-hydrogen) atoms. The molecule has 0 radical (unpaired) electrons. The van der Waals surface area contributed by atoms with Crippen LogP contribution < -0.4 is 11.4 Å². The van der Waals surface area contributed by atoms with E-state index < -0.39 is 48.3 Å². The van der Waals surface area contributed by atoms with Gasteiger partial charge in [0.2, 0.25) is 0 Å². The van der Waals surface area contributed by atoms with E-state index in [0.29, 0.717) is 5.56 Å². The Morgan fingerprint density at radius 3 is 2.50 bits per heavy atom. The molecule has 2 unspecified atom stereocenters. The highest BCUT2D eigenvalue weighted by Crippen LogP contribution is 2.66. The van der Waals surface area contributed by atoms with Crippen molar-refractivity contribution in [3.8, 4) is 0 Å². The minimum Gasteiger partial charge on any atom is -0.383 e. The third-order valence-corrected chi connectivity index (χ3v) is 6.81. The maximum Gasteiger partial charge on any atom is 0.490 e. The number of phosphoric acid groups is 3. The number of nitrogen functional groups attached to an aromatic ring is 1. The molecule has 19 heteroatoms. The summed E-state index contributed by atoms with van der Waals surface area (Å²) in [4.78, 5) is 50.7. The Kier molecular flexibility index (Phi) is 6.99. The topological polar surface area (TPSA) is 239 Å². The molecule has 1 fully saturated rings. The second-order valence-corrected chi connectivity index (χ2v) is 9.66. The Morgan fingerprint density at radius 2 is 1.89 bits per heavy atom. The molecule has 1 aromatic rings. The fourth-order valence-electron chi connectivity index (χ4n) is 1.92. The van der Waals surface area contributed by atoms with Crippen molar-refractivity contribution >= 4 is 29.3 Å². The highest BCUT2D eigenvalue weighted by molar-refractivity contribution is 7.66. The average molecular weight is 467 g/mol. The summed E-state index contributed by atoms with van der Waals surface area (Å²) in [5, 5.41) is 0. The van der Waals surface area contributed by atoms with Gasteiger partial charge in [0.05, 0.1) is 6.61 Å². The monoisotopic (exact) mass is 467 g/mol. The van der Waals surface area contributed by atoms with Gasteiger partial charge in [-0.1, -0.05) is 0 Å². The fourth-order valence-corrected chi connectivity index (χ4v) is 4.92. The zero-order valence-corrected chi connectivity index (χ0v) is 16.6. The van der Waals surface area contributed by atoms with Crippen molar-refractivity contribution in [2.75, 3.05) is 18.9 Å².